The minimum Gasteiger partial charge on any atom is -0.456 e. The number of esters is 1. The first-order valence-corrected chi connectivity index (χ1v) is 4.94. The summed E-state index contributed by atoms with van der Waals surface area (Å²) in [6.45, 7) is 4.29. The third-order valence-corrected chi connectivity index (χ3v) is 2.58. The zero-order valence-corrected chi connectivity index (χ0v) is 8.62. The van der Waals surface area contributed by atoms with Gasteiger partial charge in [0.25, 0.3) is 0 Å². The second-order valence-electron chi connectivity index (χ2n) is 3.55. The third-order valence-electron chi connectivity index (χ3n) is 2.58. The van der Waals surface area contributed by atoms with Gasteiger partial charge < -0.3 is 14.4 Å². The van der Waals surface area contributed by atoms with Crippen molar-refractivity contribution in [3.8, 4) is 0 Å². The van der Waals surface area contributed by atoms with Crippen LogP contribution in [-0.2, 0) is 19.1 Å². The number of hydrogen-bond donors (Lipinski definition) is 0. The molecule has 82 valence electrons. The van der Waals surface area contributed by atoms with Crippen LogP contribution in [-0.4, -0.2) is 49.6 Å². The summed E-state index contributed by atoms with van der Waals surface area (Å²) in [4.78, 5) is 24.6. The minimum atomic E-state index is -0.496. The van der Waals surface area contributed by atoms with E-state index in [1.807, 2.05) is 4.90 Å². The summed E-state index contributed by atoms with van der Waals surface area (Å²) in [5.41, 5.74) is 0.924. The van der Waals surface area contributed by atoms with Gasteiger partial charge in [-0.15, -0.1) is 0 Å². The van der Waals surface area contributed by atoms with Gasteiger partial charge in [-0.3, -0.25) is 4.79 Å². The van der Waals surface area contributed by atoms with Crippen LogP contribution in [0.4, 0.5) is 0 Å². The van der Waals surface area contributed by atoms with Gasteiger partial charge in [0.1, 0.15) is 12.2 Å². The molecule has 0 atom stereocenters. The summed E-state index contributed by atoms with van der Waals surface area (Å²) in [6.07, 6.45) is 0. The highest BCUT2D eigenvalue weighted by Gasteiger charge is 2.32. The van der Waals surface area contributed by atoms with Gasteiger partial charge in [0.05, 0.1) is 18.9 Å². The van der Waals surface area contributed by atoms with E-state index < -0.39 is 5.97 Å². The molecule has 0 N–H and O–H groups in total. The molecular weight excluding hydrogens is 198 g/mol. The maximum atomic E-state index is 11.3. The number of ketones is 1. The van der Waals surface area contributed by atoms with Crippen LogP contribution in [0.2, 0.25) is 0 Å². The van der Waals surface area contributed by atoms with Crippen molar-refractivity contribution >= 4 is 11.8 Å². The van der Waals surface area contributed by atoms with E-state index in [4.69, 9.17) is 9.47 Å². The van der Waals surface area contributed by atoms with Crippen LogP contribution in [0.3, 0.4) is 0 Å². The van der Waals surface area contributed by atoms with Crippen LogP contribution < -0.4 is 0 Å². The van der Waals surface area contributed by atoms with Crippen molar-refractivity contribution in [1.29, 1.82) is 0 Å². The molecule has 2 aliphatic rings. The zero-order chi connectivity index (χ0) is 10.8. The van der Waals surface area contributed by atoms with Gasteiger partial charge in [0.2, 0.25) is 0 Å². The van der Waals surface area contributed by atoms with E-state index >= 15 is 0 Å². The molecule has 0 amide bonds. The van der Waals surface area contributed by atoms with Crippen LogP contribution in [0.5, 0.6) is 0 Å². The molecule has 1 fully saturated rings. The number of morpholine rings is 1. The van der Waals surface area contributed by atoms with Crippen LogP contribution in [0.25, 0.3) is 0 Å². The van der Waals surface area contributed by atoms with Crippen LogP contribution >= 0.6 is 0 Å². The number of cyclic esters (lactones) is 1. The topological polar surface area (TPSA) is 55.8 Å². The smallest absolute Gasteiger partial charge is 0.344 e. The average Bonchev–Trinajstić information content (AvgIpc) is 2.61. The summed E-state index contributed by atoms with van der Waals surface area (Å²) >= 11 is 0. The van der Waals surface area contributed by atoms with E-state index in [1.165, 1.54) is 6.92 Å². The lowest BCUT2D eigenvalue weighted by molar-refractivity contribution is -0.137. The Morgan fingerprint density at radius 3 is 2.60 bits per heavy atom. The molecule has 5 nitrogen and oxygen atoms in total. The molecule has 0 unspecified atom stereocenters. The molecule has 2 heterocycles. The third kappa shape index (κ3) is 1.87. The van der Waals surface area contributed by atoms with Crippen LogP contribution in [0.15, 0.2) is 11.3 Å². The predicted molar refractivity (Wildman–Crippen MR) is 51.1 cm³/mol. The molecule has 0 aromatic carbocycles. The molecular formula is C10H13NO4. The Hall–Kier alpha value is -1.36. The Labute approximate surface area is 87.6 Å². The van der Waals surface area contributed by atoms with Crippen molar-refractivity contribution in [1.82, 2.24) is 4.90 Å². The molecule has 2 aliphatic heterocycles. The number of rotatable bonds is 2. The zero-order valence-electron chi connectivity index (χ0n) is 8.62. The van der Waals surface area contributed by atoms with Crippen molar-refractivity contribution in [2.75, 3.05) is 32.9 Å². The summed E-state index contributed by atoms with van der Waals surface area (Å²) in [5.74, 6) is -0.719. The number of Topliss-reactive ketones (excluding diaryl/α,β-unsaturated/α-hetero) is 1. The van der Waals surface area contributed by atoms with Crippen molar-refractivity contribution in [2.24, 2.45) is 0 Å². The van der Waals surface area contributed by atoms with Crippen molar-refractivity contribution in [3.05, 3.63) is 11.3 Å². The Kier molecular flexibility index (Phi) is 2.73. The predicted octanol–water partition coefficient (Wildman–Crippen LogP) is -0.282. The number of carbonyl (C=O) groups is 2. The molecule has 15 heavy (non-hydrogen) atoms. The first-order chi connectivity index (χ1) is 7.20. The van der Waals surface area contributed by atoms with E-state index in [-0.39, 0.29) is 18.0 Å². The molecule has 5 heteroatoms. The second kappa shape index (κ2) is 4.02. The molecule has 0 aromatic rings. The fraction of sp³-hybridized carbons (Fsp3) is 0.600. The lowest BCUT2D eigenvalue weighted by atomic mass is 10.1. The molecule has 1 saturated heterocycles. The second-order valence-corrected chi connectivity index (χ2v) is 3.55. The Bertz CT molecular complexity index is 328. The Morgan fingerprint density at radius 2 is 2.00 bits per heavy atom. The van der Waals surface area contributed by atoms with Crippen LogP contribution in [0.1, 0.15) is 6.92 Å². The molecule has 0 radical (unpaired) electrons. The van der Waals surface area contributed by atoms with Crippen molar-refractivity contribution < 1.29 is 19.1 Å². The summed E-state index contributed by atoms with van der Waals surface area (Å²) in [5, 5.41) is 0. The molecule has 2 rings (SSSR count). The molecule has 0 aromatic heterocycles. The number of hydrogen-bond acceptors (Lipinski definition) is 5. The van der Waals surface area contributed by atoms with Gasteiger partial charge in [-0.2, -0.15) is 0 Å². The number of carbonyl (C=O) groups excluding carboxylic acids is 2. The highest BCUT2D eigenvalue weighted by atomic mass is 16.5. The fourth-order valence-electron chi connectivity index (χ4n) is 1.83. The minimum absolute atomic E-state index is 0.205. The quantitative estimate of drug-likeness (QED) is 0.464. The standard InChI is InChI=1S/C10H13NO4/c1-7(12)9-8(6-15-10(9)13)11-2-4-14-5-3-11/h2-6H2,1H3. The number of ether oxygens (including phenoxy) is 2. The van der Waals surface area contributed by atoms with Crippen molar-refractivity contribution in [3.63, 3.8) is 0 Å². The number of nitrogens with zero attached hydrogens (tertiary/aromatic N) is 1. The molecule has 0 saturated carbocycles. The van der Waals surface area contributed by atoms with Gasteiger partial charge in [0, 0.05) is 13.1 Å². The fourth-order valence-corrected chi connectivity index (χ4v) is 1.83. The van der Waals surface area contributed by atoms with Crippen molar-refractivity contribution in [2.45, 2.75) is 6.92 Å². The normalized spacial score (nSPS) is 21.9. The Balaban J connectivity index is 2.24. The summed E-state index contributed by atoms with van der Waals surface area (Å²) in [7, 11) is 0. The van der Waals surface area contributed by atoms with Gasteiger partial charge >= 0.3 is 5.97 Å². The van der Waals surface area contributed by atoms with E-state index in [2.05, 4.69) is 0 Å². The lowest BCUT2D eigenvalue weighted by Crippen LogP contribution is -2.36. The highest BCUT2D eigenvalue weighted by Crippen LogP contribution is 2.21. The molecule has 0 bridgehead atoms. The van der Waals surface area contributed by atoms with E-state index in [9.17, 15) is 9.59 Å². The first-order valence-electron chi connectivity index (χ1n) is 4.94. The molecule has 0 aliphatic carbocycles. The van der Waals surface area contributed by atoms with E-state index in [0.29, 0.717) is 26.3 Å². The van der Waals surface area contributed by atoms with Gasteiger partial charge in [0.15, 0.2) is 5.78 Å². The van der Waals surface area contributed by atoms with Gasteiger partial charge in [-0.25, -0.2) is 4.79 Å². The van der Waals surface area contributed by atoms with E-state index in [0.717, 1.165) is 5.70 Å². The average molecular weight is 211 g/mol. The van der Waals surface area contributed by atoms with Crippen LogP contribution in [0, 0.1) is 0 Å². The summed E-state index contributed by atoms with van der Waals surface area (Å²) in [6, 6.07) is 0. The molecule has 0 spiro atoms. The first kappa shape index (κ1) is 10.2. The van der Waals surface area contributed by atoms with Gasteiger partial charge in [-0.1, -0.05) is 0 Å². The monoisotopic (exact) mass is 211 g/mol. The van der Waals surface area contributed by atoms with Gasteiger partial charge in [-0.05, 0) is 6.92 Å². The lowest BCUT2D eigenvalue weighted by Gasteiger charge is -2.29. The Morgan fingerprint density at radius 1 is 1.33 bits per heavy atom. The SMILES string of the molecule is CC(=O)C1=C(N2CCOCC2)COC1=O. The maximum absolute atomic E-state index is 11.3. The maximum Gasteiger partial charge on any atom is 0.344 e. The summed E-state index contributed by atoms with van der Waals surface area (Å²) < 4.78 is 10.1. The van der Waals surface area contributed by atoms with E-state index in [1.54, 1.807) is 0 Å². The largest absolute Gasteiger partial charge is 0.456 e. The highest BCUT2D eigenvalue weighted by molar-refractivity contribution is 6.18.